The van der Waals surface area contributed by atoms with Crippen molar-refractivity contribution in [1.82, 2.24) is 5.32 Å². The van der Waals surface area contributed by atoms with E-state index < -0.39 is 28.5 Å². The van der Waals surface area contributed by atoms with E-state index in [9.17, 15) is 19.7 Å². The first-order chi connectivity index (χ1) is 9.38. The Morgan fingerprint density at radius 2 is 2.15 bits per heavy atom. The summed E-state index contributed by atoms with van der Waals surface area (Å²) >= 11 is 5.69. The summed E-state index contributed by atoms with van der Waals surface area (Å²) in [7, 11) is 0. The van der Waals surface area contributed by atoms with Crippen molar-refractivity contribution in [3.63, 3.8) is 0 Å². The Labute approximate surface area is 119 Å². The van der Waals surface area contributed by atoms with Crippen LogP contribution >= 0.6 is 11.6 Å². The van der Waals surface area contributed by atoms with Crippen LogP contribution in [0.3, 0.4) is 0 Å². The highest BCUT2D eigenvalue weighted by Crippen LogP contribution is 2.28. The largest absolute Gasteiger partial charge is 0.480 e. The van der Waals surface area contributed by atoms with Crippen molar-refractivity contribution < 1.29 is 19.6 Å². The summed E-state index contributed by atoms with van der Waals surface area (Å²) in [4.78, 5) is 33.1. The first-order valence-electron chi connectivity index (χ1n) is 5.85. The van der Waals surface area contributed by atoms with Crippen molar-refractivity contribution in [2.75, 3.05) is 0 Å². The quantitative estimate of drug-likeness (QED) is 0.618. The predicted octanol–water partition coefficient (Wildman–Crippen LogP) is 2.23. The van der Waals surface area contributed by atoms with Gasteiger partial charge in [-0.2, -0.15) is 0 Å². The molecule has 7 nitrogen and oxygen atoms in total. The number of carboxylic acids is 1. The molecule has 0 fully saturated rings. The van der Waals surface area contributed by atoms with Gasteiger partial charge < -0.3 is 10.4 Å². The number of nitrogens with one attached hydrogen (secondary N) is 1. The van der Waals surface area contributed by atoms with Gasteiger partial charge in [-0.3, -0.25) is 14.9 Å². The van der Waals surface area contributed by atoms with Crippen LogP contribution in [0.25, 0.3) is 0 Å². The van der Waals surface area contributed by atoms with Crippen LogP contribution in [0.1, 0.15) is 30.1 Å². The molecule has 0 saturated carbocycles. The monoisotopic (exact) mass is 300 g/mol. The summed E-state index contributed by atoms with van der Waals surface area (Å²) < 4.78 is 0. The number of carbonyl (C=O) groups is 2. The fraction of sp³-hybridized carbons (Fsp3) is 0.333. The first-order valence-corrected chi connectivity index (χ1v) is 6.22. The molecule has 0 heterocycles. The van der Waals surface area contributed by atoms with Crippen molar-refractivity contribution in [2.45, 2.75) is 25.8 Å². The highest BCUT2D eigenvalue weighted by molar-refractivity contribution is 6.33. The van der Waals surface area contributed by atoms with Crippen LogP contribution in [0.5, 0.6) is 0 Å². The summed E-state index contributed by atoms with van der Waals surface area (Å²) in [5.74, 6) is -2.02. The number of nitrogens with zero attached hydrogens (tertiary/aromatic N) is 1. The molecule has 20 heavy (non-hydrogen) atoms. The summed E-state index contributed by atoms with van der Waals surface area (Å²) in [6, 6.07) is 2.81. The summed E-state index contributed by atoms with van der Waals surface area (Å²) in [6.07, 6.45) is 0.782. The van der Waals surface area contributed by atoms with E-state index in [4.69, 9.17) is 16.7 Å². The van der Waals surface area contributed by atoms with E-state index in [1.54, 1.807) is 6.92 Å². The molecule has 0 bridgehead atoms. The Hall–Kier alpha value is -2.15. The second-order valence-electron chi connectivity index (χ2n) is 4.05. The van der Waals surface area contributed by atoms with E-state index in [-0.39, 0.29) is 17.0 Å². The lowest BCUT2D eigenvalue weighted by molar-refractivity contribution is -0.385. The molecular weight excluding hydrogens is 288 g/mol. The van der Waals surface area contributed by atoms with Gasteiger partial charge >= 0.3 is 11.7 Å². The number of benzene rings is 1. The highest BCUT2D eigenvalue weighted by atomic mass is 35.5. The van der Waals surface area contributed by atoms with E-state index in [2.05, 4.69) is 5.32 Å². The Kier molecular flexibility index (Phi) is 5.45. The third-order valence-electron chi connectivity index (χ3n) is 2.59. The average Bonchev–Trinajstić information content (AvgIpc) is 2.37. The molecule has 1 atom stereocenters. The van der Waals surface area contributed by atoms with Gasteiger partial charge in [0.15, 0.2) is 0 Å². The zero-order valence-corrected chi connectivity index (χ0v) is 11.4. The molecular formula is C12H13ClN2O5. The standard InChI is InChI=1S/C12H13ClN2O5/c1-2-4-9(12(17)18)14-11(16)7-5-3-6-8(13)10(7)15(19)20/h3,5-6,9H,2,4H2,1H3,(H,14,16)(H,17,18)/t9-/m0/s1. The number of halogens is 1. The van der Waals surface area contributed by atoms with E-state index >= 15 is 0 Å². The van der Waals surface area contributed by atoms with Crippen LogP contribution in [-0.2, 0) is 4.79 Å². The van der Waals surface area contributed by atoms with Crippen molar-refractivity contribution >= 4 is 29.2 Å². The maximum Gasteiger partial charge on any atom is 0.326 e. The lowest BCUT2D eigenvalue weighted by Crippen LogP contribution is -2.40. The van der Waals surface area contributed by atoms with E-state index in [1.807, 2.05) is 0 Å². The molecule has 0 saturated heterocycles. The number of nitro groups is 1. The van der Waals surface area contributed by atoms with Gasteiger partial charge in [0.05, 0.1) is 4.92 Å². The smallest absolute Gasteiger partial charge is 0.326 e. The number of carbonyl (C=O) groups excluding carboxylic acids is 1. The third kappa shape index (κ3) is 3.67. The van der Waals surface area contributed by atoms with Crippen LogP contribution < -0.4 is 5.32 Å². The number of aliphatic carboxylic acids is 1. The van der Waals surface area contributed by atoms with Gasteiger partial charge in [0, 0.05) is 0 Å². The molecule has 1 aromatic carbocycles. The minimum Gasteiger partial charge on any atom is -0.480 e. The molecule has 108 valence electrons. The number of amides is 1. The zero-order valence-electron chi connectivity index (χ0n) is 10.6. The Bertz CT molecular complexity index is 547. The molecule has 0 radical (unpaired) electrons. The van der Waals surface area contributed by atoms with Crippen LogP contribution in [0.4, 0.5) is 5.69 Å². The highest BCUT2D eigenvalue weighted by Gasteiger charge is 2.26. The average molecular weight is 301 g/mol. The number of hydrogen-bond acceptors (Lipinski definition) is 4. The molecule has 0 aliphatic heterocycles. The minimum atomic E-state index is -1.19. The van der Waals surface area contributed by atoms with Crippen molar-refractivity contribution in [1.29, 1.82) is 0 Å². The van der Waals surface area contributed by atoms with Crippen LogP contribution in [0.2, 0.25) is 5.02 Å². The van der Waals surface area contributed by atoms with Gasteiger partial charge in [-0.05, 0) is 18.6 Å². The number of hydrogen-bond donors (Lipinski definition) is 2. The van der Waals surface area contributed by atoms with Gasteiger partial charge in [0.1, 0.15) is 16.6 Å². The summed E-state index contributed by atoms with van der Waals surface area (Å²) in [6.45, 7) is 1.77. The second kappa shape index (κ2) is 6.85. The molecule has 1 rings (SSSR count). The maximum absolute atomic E-state index is 12.0. The molecule has 1 aromatic rings. The topological polar surface area (TPSA) is 110 Å². The maximum atomic E-state index is 12.0. The normalized spacial score (nSPS) is 11.7. The third-order valence-corrected chi connectivity index (χ3v) is 2.90. The molecule has 2 N–H and O–H groups in total. The lowest BCUT2D eigenvalue weighted by Gasteiger charge is -2.13. The molecule has 0 aromatic heterocycles. The predicted molar refractivity (Wildman–Crippen MR) is 71.9 cm³/mol. The van der Waals surface area contributed by atoms with Crippen molar-refractivity contribution in [3.8, 4) is 0 Å². The van der Waals surface area contributed by atoms with Crippen molar-refractivity contribution in [2.24, 2.45) is 0 Å². The zero-order chi connectivity index (χ0) is 15.3. The Balaban J connectivity index is 3.06. The SMILES string of the molecule is CCC[C@H](NC(=O)c1cccc(Cl)c1[N+](=O)[O-])C(=O)O. The van der Waals surface area contributed by atoms with Crippen LogP contribution in [0, 0.1) is 10.1 Å². The second-order valence-corrected chi connectivity index (χ2v) is 4.45. The van der Waals surface area contributed by atoms with Gasteiger partial charge in [0.25, 0.3) is 5.91 Å². The van der Waals surface area contributed by atoms with Crippen LogP contribution in [-0.4, -0.2) is 27.9 Å². The molecule has 0 aliphatic carbocycles. The fourth-order valence-corrected chi connectivity index (χ4v) is 1.91. The summed E-state index contributed by atoms with van der Waals surface area (Å²) in [5, 5.41) is 22.0. The first kappa shape index (κ1) is 15.9. The number of carboxylic acid groups (broad SMARTS) is 1. The molecule has 0 unspecified atom stereocenters. The number of nitro benzene ring substituents is 1. The van der Waals surface area contributed by atoms with Crippen molar-refractivity contribution in [3.05, 3.63) is 38.9 Å². The Morgan fingerprint density at radius 3 is 2.65 bits per heavy atom. The Morgan fingerprint density at radius 1 is 1.50 bits per heavy atom. The summed E-state index contributed by atoms with van der Waals surface area (Å²) in [5.41, 5.74) is -0.794. The van der Waals surface area contributed by atoms with E-state index in [0.717, 1.165) is 0 Å². The van der Waals surface area contributed by atoms with Gasteiger partial charge in [0.2, 0.25) is 0 Å². The molecule has 0 aliphatic rings. The minimum absolute atomic E-state index is 0.176. The van der Waals surface area contributed by atoms with Crippen LogP contribution in [0.15, 0.2) is 18.2 Å². The van der Waals surface area contributed by atoms with E-state index in [1.165, 1.54) is 18.2 Å². The molecule has 1 amide bonds. The molecule has 8 heteroatoms. The lowest BCUT2D eigenvalue weighted by atomic mass is 10.1. The number of rotatable bonds is 6. The number of para-hydroxylation sites is 1. The van der Waals surface area contributed by atoms with E-state index in [0.29, 0.717) is 6.42 Å². The molecule has 0 spiro atoms. The van der Waals surface area contributed by atoms with Gasteiger partial charge in [-0.15, -0.1) is 0 Å². The fourth-order valence-electron chi connectivity index (χ4n) is 1.67. The van der Waals surface area contributed by atoms with Gasteiger partial charge in [-0.1, -0.05) is 31.0 Å². The van der Waals surface area contributed by atoms with Gasteiger partial charge in [-0.25, -0.2) is 4.79 Å².